The zero-order chi connectivity index (χ0) is 9.14. The van der Waals surface area contributed by atoms with Crippen LogP contribution in [0, 0.1) is 0 Å². The SMILES string of the molecule is NC[C@H](O)c1ccc(O)c(O)c1.[Pb]. The monoisotopic (exact) mass is 377 g/mol. The van der Waals surface area contributed by atoms with Gasteiger partial charge in [0.15, 0.2) is 11.5 Å². The Kier molecular flexibility index (Phi) is 5.26. The summed E-state index contributed by atoms with van der Waals surface area (Å²) in [5.41, 5.74) is 5.69. The molecule has 1 atom stereocenters. The maximum atomic E-state index is 9.23. The molecule has 1 rings (SSSR count). The summed E-state index contributed by atoms with van der Waals surface area (Å²) in [5.74, 6) is -0.456. The van der Waals surface area contributed by atoms with Gasteiger partial charge in [-0.2, -0.15) is 0 Å². The van der Waals surface area contributed by atoms with Crippen molar-refractivity contribution in [3.8, 4) is 11.5 Å². The molecule has 1 aromatic carbocycles. The molecule has 0 aliphatic heterocycles. The minimum absolute atomic E-state index is 0. The van der Waals surface area contributed by atoms with Crippen molar-refractivity contribution in [1.29, 1.82) is 0 Å². The van der Waals surface area contributed by atoms with Gasteiger partial charge in [0, 0.05) is 33.8 Å². The maximum absolute atomic E-state index is 9.23. The van der Waals surface area contributed by atoms with Crippen molar-refractivity contribution < 1.29 is 15.3 Å². The topological polar surface area (TPSA) is 86.7 Å². The van der Waals surface area contributed by atoms with E-state index in [-0.39, 0.29) is 45.3 Å². The van der Waals surface area contributed by atoms with Crippen LogP contribution in [0.2, 0.25) is 0 Å². The van der Waals surface area contributed by atoms with Crippen LogP contribution in [0.25, 0.3) is 0 Å². The summed E-state index contributed by atoms with van der Waals surface area (Å²) >= 11 is 0. The van der Waals surface area contributed by atoms with Gasteiger partial charge in [-0.3, -0.25) is 0 Å². The van der Waals surface area contributed by atoms with Crippen molar-refractivity contribution in [3.63, 3.8) is 0 Å². The molecule has 0 heterocycles. The summed E-state index contributed by atoms with van der Waals surface area (Å²) in [6, 6.07) is 4.10. The van der Waals surface area contributed by atoms with E-state index < -0.39 is 6.10 Å². The average Bonchev–Trinajstić information content (AvgIpc) is 2.08. The summed E-state index contributed by atoms with van der Waals surface area (Å²) in [5, 5.41) is 27.2. The first-order valence-corrected chi connectivity index (χ1v) is 3.55. The molecule has 5 heteroatoms. The third kappa shape index (κ3) is 3.13. The van der Waals surface area contributed by atoms with Crippen molar-refractivity contribution in [1.82, 2.24) is 0 Å². The largest absolute Gasteiger partial charge is 0.504 e. The number of phenols is 2. The normalized spacial score (nSPS) is 11.8. The van der Waals surface area contributed by atoms with Gasteiger partial charge in [-0.1, -0.05) is 6.07 Å². The van der Waals surface area contributed by atoms with E-state index in [1.165, 1.54) is 18.2 Å². The van der Waals surface area contributed by atoms with E-state index in [2.05, 4.69) is 0 Å². The molecule has 0 aliphatic rings. The number of hydrogen-bond donors (Lipinski definition) is 4. The summed E-state index contributed by atoms with van der Waals surface area (Å²) in [4.78, 5) is 0. The first-order chi connectivity index (χ1) is 5.65. The van der Waals surface area contributed by atoms with Gasteiger partial charge >= 0.3 is 0 Å². The molecular formula is C8H11NO3Pb. The van der Waals surface area contributed by atoms with Gasteiger partial charge in [0.2, 0.25) is 0 Å². The first kappa shape index (κ1) is 12.7. The van der Waals surface area contributed by atoms with Gasteiger partial charge in [0.05, 0.1) is 6.10 Å². The minimum atomic E-state index is -0.795. The van der Waals surface area contributed by atoms with Crippen molar-refractivity contribution in [3.05, 3.63) is 23.8 Å². The van der Waals surface area contributed by atoms with Crippen molar-refractivity contribution in [2.75, 3.05) is 6.54 Å². The Morgan fingerprint density at radius 3 is 2.31 bits per heavy atom. The van der Waals surface area contributed by atoms with E-state index >= 15 is 0 Å². The second-order valence-electron chi connectivity index (χ2n) is 2.50. The summed E-state index contributed by atoms with van der Waals surface area (Å²) in [7, 11) is 0. The Morgan fingerprint density at radius 2 is 1.85 bits per heavy atom. The standard InChI is InChI=1S/C8H11NO3.Pb/c9-4-8(12)5-1-2-6(10)7(11)3-5;/h1-3,8,10-12H,4,9H2;/t8-;/m0./s1. The molecule has 4 nitrogen and oxygen atoms in total. The summed E-state index contributed by atoms with van der Waals surface area (Å²) in [6.07, 6.45) is -0.795. The molecule has 70 valence electrons. The van der Waals surface area contributed by atoms with Crippen molar-refractivity contribution in [2.24, 2.45) is 5.73 Å². The Labute approximate surface area is 96.2 Å². The van der Waals surface area contributed by atoms with Crippen LogP contribution in [0.4, 0.5) is 0 Å². The number of aliphatic hydroxyl groups excluding tert-OH is 1. The number of rotatable bonds is 2. The maximum Gasteiger partial charge on any atom is 0.157 e. The second-order valence-corrected chi connectivity index (χ2v) is 2.50. The van der Waals surface area contributed by atoms with Gasteiger partial charge in [0.1, 0.15) is 0 Å². The molecule has 0 fully saturated rings. The third-order valence-corrected chi connectivity index (χ3v) is 1.61. The van der Waals surface area contributed by atoms with Gasteiger partial charge in [-0.15, -0.1) is 0 Å². The van der Waals surface area contributed by atoms with Crippen LogP contribution in [0.15, 0.2) is 18.2 Å². The molecule has 0 saturated heterocycles. The first-order valence-electron chi connectivity index (χ1n) is 3.55. The average molecular weight is 376 g/mol. The number of phenolic OH excluding ortho intramolecular Hbond substituents is 2. The van der Waals surface area contributed by atoms with Crippen LogP contribution in [0.5, 0.6) is 11.5 Å². The Bertz CT molecular complexity index is 280. The van der Waals surface area contributed by atoms with Gasteiger partial charge in [-0.25, -0.2) is 0 Å². The van der Waals surface area contributed by atoms with E-state index in [1.54, 1.807) is 0 Å². The van der Waals surface area contributed by atoms with E-state index in [4.69, 9.17) is 15.9 Å². The fraction of sp³-hybridized carbons (Fsp3) is 0.250. The van der Waals surface area contributed by atoms with Gasteiger partial charge in [-0.05, 0) is 17.7 Å². The van der Waals surface area contributed by atoms with E-state index in [9.17, 15) is 5.11 Å². The van der Waals surface area contributed by atoms with Gasteiger partial charge in [0.25, 0.3) is 0 Å². The Balaban J connectivity index is 0.00000144. The van der Waals surface area contributed by atoms with E-state index in [0.29, 0.717) is 5.56 Å². The molecule has 5 N–H and O–H groups in total. The van der Waals surface area contributed by atoms with Crippen molar-refractivity contribution >= 4 is 27.3 Å². The molecule has 0 unspecified atom stereocenters. The number of benzene rings is 1. The minimum Gasteiger partial charge on any atom is -0.504 e. The molecule has 0 amide bonds. The van der Waals surface area contributed by atoms with Crippen LogP contribution in [0.1, 0.15) is 11.7 Å². The summed E-state index contributed by atoms with van der Waals surface area (Å²) in [6.45, 7) is 0.0875. The molecule has 13 heavy (non-hydrogen) atoms. The Hall–Kier alpha value is -0.338. The number of nitrogens with two attached hydrogens (primary N) is 1. The van der Waals surface area contributed by atoms with E-state index in [0.717, 1.165) is 0 Å². The molecule has 0 aliphatic carbocycles. The zero-order valence-electron chi connectivity index (χ0n) is 6.94. The third-order valence-electron chi connectivity index (χ3n) is 1.61. The smallest absolute Gasteiger partial charge is 0.157 e. The molecule has 1 aromatic rings. The fourth-order valence-electron chi connectivity index (χ4n) is 0.884. The van der Waals surface area contributed by atoms with E-state index in [1.807, 2.05) is 0 Å². The van der Waals surface area contributed by atoms with Crippen LogP contribution >= 0.6 is 0 Å². The molecule has 4 radical (unpaired) electrons. The fourth-order valence-corrected chi connectivity index (χ4v) is 0.884. The quantitative estimate of drug-likeness (QED) is 0.422. The van der Waals surface area contributed by atoms with Gasteiger partial charge < -0.3 is 21.1 Å². The number of aliphatic hydroxyl groups is 1. The van der Waals surface area contributed by atoms with Crippen LogP contribution < -0.4 is 5.73 Å². The molecular weight excluding hydrogens is 365 g/mol. The van der Waals surface area contributed by atoms with Crippen LogP contribution in [0.3, 0.4) is 0 Å². The molecule has 0 aromatic heterocycles. The zero-order valence-corrected chi connectivity index (χ0v) is 10.8. The predicted octanol–water partition coefficient (Wildman–Crippen LogP) is -0.291. The number of hydrogen-bond acceptors (Lipinski definition) is 4. The molecule has 0 saturated carbocycles. The van der Waals surface area contributed by atoms with Crippen molar-refractivity contribution in [2.45, 2.75) is 6.10 Å². The second kappa shape index (κ2) is 5.40. The Morgan fingerprint density at radius 1 is 1.23 bits per heavy atom. The molecule has 0 spiro atoms. The predicted molar refractivity (Wildman–Crippen MR) is 49.5 cm³/mol. The number of aromatic hydroxyl groups is 2. The summed E-state index contributed by atoms with van der Waals surface area (Å²) < 4.78 is 0. The van der Waals surface area contributed by atoms with Crippen LogP contribution in [-0.2, 0) is 0 Å². The molecule has 0 bridgehead atoms. The van der Waals surface area contributed by atoms with Crippen LogP contribution in [-0.4, -0.2) is 49.2 Å².